The van der Waals surface area contributed by atoms with Crippen LogP contribution in [0.5, 0.6) is 0 Å². The van der Waals surface area contributed by atoms with Gasteiger partial charge >= 0.3 is 8.25 Å². The van der Waals surface area contributed by atoms with Crippen molar-refractivity contribution < 1.29 is 23.8 Å². The Kier molecular flexibility index (Phi) is 5.06. The third-order valence-corrected chi connectivity index (χ3v) is 3.47. The van der Waals surface area contributed by atoms with Gasteiger partial charge in [-0.3, -0.25) is 0 Å². The molecule has 0 spiro atoms. The molecule has 2 N–H and O–H groups in total. The van der Waals surface area contributed by atoms with Gasteiger partial charge in [-0.15, -0.1) is 9.42 Å². The summed E-state index contributed by atoms with van der Waals surface area (Å²) in [5, 5.41) is 18.1. The molecule has 1 unspecified atom stereocenters. The van der Waals surface area contributed by atoms with Crippen LogP contribution in [0.4, 0.5) is 0 Å². The van der Waals surface area contributed by atoms with Crippen molar-refractivity contribution in [3.05, 3.63) is 23.8 Å². The van der Waals surface area contributed by atoms with E-state index in [4.69, 9.17) is 19.4 Å². The van der Waals surface area contributed by atoms with Crippen LogP contribution in [-0.2, 0) is 20.2 Å². The van der Waals surface area contributed by atoms with Crippen LogP contribution in [0.1, 0.15) is 17.7 Å². The summed E-state index contributed by atoms with van der Waals surface area (Å²) in [4.78, 5) is 16.6. The van der Waals surface area contributed by atoms with E-state index >= 15 is 0 Å². The van der Waals surface area contributed by atoms with Gasteiger partial charge in [-0.2, -0.15) is 5.26 Å². The van der Waals surface area contributed by atoms with Crippen molar-refractivity contribution in [3.63, 3.8) is 0 Å². The third kappa shape index (κ3) is 3.54. The molecule has 4 atom stereocenters. The number of aliphatic hydroxyl groups is 1. The SMILES string of the molecule is N#Cc1cncnc1C[C@H]1C[C@H](O[P+](=O)O)[C@@H](CO)O1. The van der Waals surface area contributed by atoms with E-state index in [-0.39, 0.29) is 12.7 Å². The normalized spacial score (nSPS) is 26.2. The van der Waals surface area contributed by atoms with Gasteiger partial charge in [-0.25, -0.2) is 9.97 Å². The molecule has 1 fully saturated rings. The van der Waals surface area contributed by atoms with Crippen molar-refractivity contribution in [1.29, 1.82) is 5.26 Å². The quantitative estimate of drug-likeness (QED) is 0.732. The molecule has 0 aromatic carbocycles. The van der Waals surface area contributed by atoms with E-state index < -0.39 is 20.5 Å². The number of hydrogen-bond donors (Lipinski definition) is 2. The lowest BCUT2D eigenvalue weighted by atomic mass is 10.1. The Labute approximate surface area is 116 Å². The summed E-state index contributed by atoms with van der Waals surface area (Å²) in [6, 6.07) is 1.99. The minimum Gasteiger partial charge on any atom is -0.394 e. The molecular weight excluding hydrogens is 285 g/mol. The number of nitrogens with zero attached hydrogens (tertiary/aromatic N) is 3. The van der Waals surface area contributed by atoms with Gasteiger partial charge in [0.25, 0.3) is 0 Å². The van der Waals surface area contributed by atoms with Crippen LogP contribution < -0.4 is 0 Å². The highest BCUT2D eigenvalue weighted by atomic mass is 31.1. The van der Waals surface area contributed by atoms with Crippen LogP contribution >= 0.6 is 8.25 Å². The molecule has 2 heterocycles. The van der Waals surface area contributed by atoms with Gasteiger partial charge in [0, 0.05) is 23.6 Å². The Morgan fingerprint density at radius 1 is 1.65 bits per heavy atom. The monoisotopic (exact) mass is 298 g/mol. The molecular formula is C11H13N3O5P+. The highest BCUT2D eigenvalue weighted by Crippen LogP contribution is 2.31. The third-order valence-electron chi connectivity index (χ3n) is 3.02. The largest absolute Gasteiger partial charge is 0.695 e. The van der Waals surface area contributed by atoms with Gasteiger partial charge in [0.1, 0.15) is 24.6 Å². The molecule has 20 heavy (non-hydrogen) atoms. The summed E-state index contributed by atoms with van der Waals surface area (Å²) in [7, 11) is -2.75. The summed E-state index contributed by atoms with van der Waals surface area (Å²) < 4.78 is 21.1. The van der Waals surface area contributed by atoms with Gasteiger partial charge in [-0.05, 0) is 0 Å². The van der Waals surface area contributed by atoms with Crippen molar-refractivity contribution in [2.45, 2.75) is 31.2 Å². The van der Waals surface area contributed by atoms with Crippen molar-refractivity contribution in [2.75, 3.05) is 6.61 Å². The molecule has 1 saturated heterocycles. The number of ether oxygens (including phenoxy) is 1. The van der Waals surface area contributed by atoms with E-state index in [1.807, 2.05) is 6.07 Å². The van der Waals surface area contributed by atoms with Crippen LogP contribution in [0.3, 0.4) is 0 Å². The number of hydrogen-bond acceptors (Lipinski definition) is 7. The number of nitriles is 1. The Morgan fingerprint density at radius 2 is 2.45 bits per heavy atom. The maximum atomic E-state index is 10.7. The van der Waals surface area contributed by atoms with Gasteiger partial charge in [0.2, 0.25) is 0 Å². The first-order valence-electron chi connectivity index (χ1n) is 5.92. The van der Waals surface area contributed by atoms with Crippen molar-refractivity contribution in [1.82, 2.24) is 9.97 Å². The first kappa shape index (κ1) is 14.9. The van der Waals surface area contributed by atoms with E-state index in [0.29, 0.717) is 24.1 Å². The molecule has 1 aromatic heterocycles. The molecule has 0 saturated carbocycles. The molecule has 0 aliphatic carbocycles. The van der Waals surface area contributed by atoms with Crippen LogP contribution in [0.25, 0.3) is 0 Å². The zero-order chi connectivity index (χ0) is 14.5. The van der Waals surface area contributed by atoms with E-state index in [1.54, 1.807) is 0 Å². The summed E-state index contributed by atoms with van der Waals surface area (Å²) in [5.74, 6) is 0. The Morgan fingerprint density at radius 3 is 3.10 bits per heavy atom. The van der Waals surface area contributed by atoms with Gasteiger partial charge in [0.05, 0.1) is 24.0 Å². The minimum absolute atomic E-state index is 0.306. The van der Waals surface area contributed by atoms with Crippen LogP contribution in [0, 0.1) is 11.3 Å². The molecule has 106 valence electrons. The number of aromatic nitrogens is 2. The fourth-order valence-corrected chi connectivity index (χ4v) is 2.60. The molecule has 8 nitrogen and oxygen atoms in total. The highest BCUT2D eigenvalue weighted by Gasteiger charge is 2.41. The van der Waals surface area contributed by atoms with Crippen molar-refractivity contribution >= 4 is 8.25 Å². The summed E-state index contributed by atoms with van der Waals surface area (Å²) in [5.41, 5.74) is 0.896. The van der Waals surface area contributed by atoms with Gasteiger partial charge in [0.15, 0.2) is 0 Å². The fraction of sp³-hybridized carbons (Fsp3) is 0.545. The maximum absolute atomic E-state index is 10.7. The second kappa shape index (κ2) is 6.79. The molecule has 1 aliphatic rings. The average molecular weight is 298 g/mol. The molecule has 1 aliphatic heterocycles. The van der Waals surface area contributed by atoms with Crippen LogP contribution in [-0.4, -0.2) is 44.9 Å². The number of rotatable bonds is 5. The second-order valence-electron chi connectivity index (χ2n) is 4.30. The predicted octanol–water partition coefficient (Wildman–Crippen LogP) is 0.0755. The Hall–Kier alpha value is -1.49. The van der Waals surface area contributed by atoms with Gasteiger partial charge in [-0.1, -0.05) is 0 Å². The molecule has 0 bridgehead atoms. The van der Waals surface area contributed by atoms with Crippen LogP contribution in [0.15, 0.2) is 12.5 Å². The number of aliphatic hydroxyl groups excluding tert-OH is 1. The Bertz CT molecular complexity index is 535. The van der Waals surface area contributed by atoms with Crippen LogP contribution in [0.2, 0.25) is 0 Å². The van der Waals surface area contributed by atoms with E-state index in [1.165, 1.54) is 12.5 Å². The zero-order valence-corrected chi connectivity index (χ0v) is 11.3. The fourth-order valence-electron chi connectivity index (χ4n) is 2.15. The molecule has 9 heteroatoms. The summed E-state index contributed by atoms with van der Waals surface area (Å²) in [6.45, 7) is -0.306. The summed E-state index contributed by atoms with van der Waals surface area (Å²) >= 11 is 0. The van der Waals surface area contributed by atoms with Crippen molar-refractivity contribution in [3.8, 4) is 6.07 Å². The van der Waals surface area contributed by atoms with E-state index in [0.717, 1.165) is 0 Å². The van der Waals surface area contributed by atoms with Crippen molar-refractivity contribution in [2.24, 2.45) is 0 Å². The van der Waals surface area contributed by atoms with E-state index in [9.17, 15) is 9.67 Å². The first-order valence-corrected chi connectivity index (χ1v) is 7.05. The summed E-state index contributed by atoms with van der Waals surface area (Å²) in [6.07, 6.45) is 1.82. The molecule has 0 amide bonds. The smallest absolute Gasteiger partial charge is 0.394 e. The first-order chi connectivity index (χ1) is 9.63. The second-order valence-corrected chi connectivity index (χ2v) is 4.98. The zero-order valence-electron chi connectivity index (χ0n) is 10.4. The average Bonchev–Trinajstić information content (AvgIpc) is 2.80. The lowest BCUT2D eigenvalue weighted by Crippen LogP contribution is -2.26. The van der Waals surface area contributed by atoms with Gasteiger partial charge < -0.3 is 9.84 Å². The topological polar surface area (TPSA) is 126 Å². The predicted molar refractivity (Wildman–Crippen MR) is 65.5 cm³/mol. The lowest BCUT2D eigenvalue weighted by Gasteiger charge is -2.11. The molecule has 1 aromatic rings. The lowest BCUT2D eigenvalue weighted by molar-refractivity contribution is -0.0163. The molecule has 2 rings (SSSR count). The highest BCUT2D eigenvalue weighted by molar-refractivity contribution is 7.32. The minimum atomic E-state index is -2.75. The molecule has 0 radical (unpaired) electrons. The Balaban J connectivity index is 2.04. The standard InChI is InChI=1S/C11H12N3O5P/c12-3-7-4-13-6-14-9(7)1-8-2-10(19-20(16)17)11(5-15)18-8/h4,6,8,10-11,15H,1-2,5H2/p+1/t8-,10-,11+/m0/s1. The van der Waals surface area contributed by atoms with E-state index in [2.05, 4.69) is 9.97 Å². The maximum Gasteiger partial charge on any atom is 0.695 e.